The minimum Gasteiger partial charge on any atom is -0.388 e. The standard InChI is InChI=1S/C18H27NO2/c1-14-11-15(13-16(12-14)17(20)6-10-19)5-9-18(21)7-3-2-4-8-18/h5,9,11-13,17,20-21H,2-4,6-8,10,19H2,1H3/b9-5+. The van der Waals surface area contributed by atoms with Crippen molar-refractivity contribution < 1.29 is 10.2 Å². The summed E-state index contributed by atoms with van der Waals surface area (Å²) < 4.78 is 0. The molecule has 0 heterocycles. The van der Waals surface area contributed by atoms with Crippen molar-refractivity contribution in [2.45, 2.75) is 57.2 Å². The van der Waals surface area contributed by atoms with Gasteiger partial charge in [-0.15, -0.1) is 0 Å². The molecule has 1 unspecified atom stereocenters. The molecule has 3 nitrogen and oxygen atoms in total. The number of rotatable bonds is 5. The summed E-state index contributed by atoms with van der Waals surface area (Å²) in [4.78, 5) is 0. The van der Waals surface area contributed by atoms with E-state index in [2.05, 4.69) is 6.07 Å². The monoisotopic (exact) mass is 289 g/mol. The maximum absolute atomic E-state index is 10.5. The highest BCUT2D eigenvalue weighted by Gasteiger charge is 2.25. The molecule has 1 aliphatic rings. The summed E-state index contributed by atoms with van der Waals surface area (Å²) in [6.07, 6.45) is 9.06. The van der Waals surface area contributed by atoms with Gasteiger partial charge < -0.3 is 15.9 Å². The molecule has 0 radical (unpaired) electrons. The number of benzene rings is 1. The van der Waals surface area contributed by atoms with Gasteiger partial charge in [0.15, 0.2) is 0 Å². The molecule has 0 aromatic heterocycles. The molecule has 1 aromatic carbocycles. The molecule has 4 N–H and O–H groups in total. The molecule has 3 heteroatoms. The highest BCUT2D eigenvalue weighted by molar-refractivity contribution is 5.53. The zero-order chi connectivity index (χ0) is 15.3. The van der Waals surface area contributed by atoms with Crippen LogP contribution < -0.4 is 5.73 Å². The van der Waals surface area contributed by atoms with Gasteiger partial charge in [0, 0.05) is 0 Å². The molecular weight excluding hydrogens is 262 g/mol. The molecule has 1 aromatic rings. The Morgan fingerprint density at radius 2 is 1.95 bits per heavy atom. The largest absolute Gasteiger partial charge is 0.388 e. The van der Waals surface area contributed by atoms with E-state index in [0.717, 1.165) is 42.4 Å². The number of aryl methyl sites for hydroxylation is 1. The summed E-state index contributed by atoms with van der Waals surface area (Å²) in [7, 11) is 0. The van der Waals surface area contributed by atoms with E-state index < -0.39 is 11.7 Å². The van der Waals surface area contributed by atoms with Gasteiger partial charge in [-0.2, -0.15) is 0 Å². The SMILES string of the molecule is Cc1cc(/C=C/C2(O)CCCCC2)cc(C(O)CCN)c1. The normalized spacial score (nSPS) is 19.8. The minimum atomic E-state index is -0.655. The summed E-state index contributed by atoms with van der Waals surface area (Å²) in [5.41, 5.74) is 7.89. The quantitative estimate of drug-likeness (QED) is 0.780. The Labute approximate surface area is 127 Å². The topological polar surface area (TPSA) is 66.5 Å². The van der Waals surface area contributed by atoms with E-state index in [9.17, 15) is 10.2 Å². The van der Waals surface area contributed by atoms with Crippen molar-refractivity contribution >= 4 is 6.08 Å². The van der Waals surface area contributed by atoms with Gasteiger partial charge in [0.25, 0.3) is 0 Å². The van der Waals surface area contributed by atoms with Crippen LogP contribution in [-0.2, 0) is 0 Å². The van der Waals surface area contributed by atoms with Gasteiger partial charge in [-0.05, 0) is 49.9 Å². The van der Waals surface area contributed by atoms with Crippen molar-refractivity contribution in [3.05, 3.63) is 41.0 Å². The molecule has 1 fully saturated rings. The van der Waals surface area contributed by atoms with Gasteiger partial charge in [-0.3, -0.25) is 0 Å². The predicted molar refractivity (Wildman–Crippen MR) is 86.9 cm³/mol. The minimum absolute atomic E-state index is 0.472. The van der Waals surface area contributed by atoms with Gasteiger partial charge >= 0.3 is 0 Å². The predicted octanol–water partition coefficient (Wildman–Crippen LogP) is 3.09. The fraction of sp³-hybridized carbons (Fsp3) is 0.556. The third kappa shape index (κ3) is 4.67. The maximum atomic E-state index is 10.5. The highest BCUT2D eigenvalue weighted by Crippen LogP contribution is 2.30. The van der Waals surface area contributed by atoms with Gasteiger partial charge in [0.05, 0.1) is 11.7 Å². The summed E-state index contributed by atoms with van der Waals surface area (Å²) in [5.74, 6) is 0. The van der Waals surface area contributed by atoms with Crippen LogP contribution in [0.1, 0.15) is 61.3 Å². The molecular formula is C18H27NO2. The first-order valence-corrected chi connectivity index (χ1v) is 7.94. The first kappa shape index (κ1) is 16.2. The maximum Gasteiger partial charge on any atom is 0.0830 e. The fourth-order valence-corrected chi connectivity index (χ4v) is 3.04. The van der Waals surface area contributed by atoms with Crippen LogP contribution in [0.2, 0.25) is 0 Å². The van der Waals surface area contributed by atoms with Crippen LogP contribution in [0, 0.1) is 6.92 Å². The van der Waals surface area contributed by atoms with Gasteiger partial charge in [0.2, 0.25) is 0 Å². The molecule has 0 amide bonds. The lowest BCUT2D eigenvalue weighted by molar-refractivity contribution is 0.0521. The summed E-state index contributed by atoms with van der Waals surface area (Å²) in [5, 5.41) is 20.6. The zero-order valence-electron chi connectivity index (χ0n) is 12.9. The van der Waals surface area contributed by atoms with Crippen molar-refractivity contribution in [2.24, 2.45) is 5.73 Å². The van der Waals surface area contributed by atoms with Crippen LogP contribution >= 0.6 is 0 Å². The van der Waals surface area contributed by atoms with E-state index in [4.69, 9.17) is 5.73 Å². The number of hydrogen-bond acceptors (Lipinski definition) is 3. The summed E-state index contributed by atoms with van der Waals surface area (Å²) >= 11 is 0. The molecule has 0 spiro atoms. The second-order valence-electron chi connectivity index (χ2n) is 6.27. The van der Waals surface area contributed by atoms with Crippen LogP contribution in [0.25, 0.3) is 6.08 Å². The van der Waals surface area contributed by atoms with Crippen LogP contribution in [0.4, 0.5) is 0 Å². The molecule has 21 heavy (non-hydrogen) atoms. The van der Waals surface area contributed by atoms with Crippen LogP contribution in [0.15, 0.2) is 24.3 Å². The Hall–Kier alpha value is -1.16. The average Bonchev–Trinajstić information content (AvgIpc) is 2.46. The number of hydrogen-bond donors (Lipinski definition) is 3. The van der Waals surface area contributed by atoms with Crippen molar-refractivity contribution in [2.75, 3.05) is 6.54 Å². The van der Waals surface area contributed by atoms with Crippen LogP contribution in [0.5, 0.6) is 0 Å². The average molecular weight is 289 g/mol. The fourth-order valence-electron chi connectivity index (χ4n) is 3.04. The molecule has 0 bridgehead atoms. The van der Waals surface area contributed by atoms with E-state index in [1.165, 1.54) is 6.42 Å². The molecule has 0 aliphatic heterocycles. The second-order valence-corrected chi connectivity index (χ2v) is 6.27. The Morgan fingerprint density at radius 1 is 1.24 bits per heavy atom. The van der Waals surface area contributed by atoms with Crippen LogP contribution in [0.3, 0.4) is 0 Å². The zero-order valence-corrected chi connectivity index (χ0v) is 12.9. The number of aliphatic hydroxyl groups is 2. The molecule has 1 aliphatic carbocycles. The molecule has 0 saturated heterocycles. The van der Waals surface area contributed by atoms with Gasteiger partial charge in [0.1, 0.15) is 0 Å². The molecule has 116 valence electrons. The first-order chi connectivity index (χ1) is 10.0. The van der Waals surface area contributed by atoms with Crippen molar-refractivity contribution in [3.63, 3.8) is 0 Å². The lowest BCUT2D eigenvalue weighted by Crippen LogP contribution is -2.28. The third-order valence-electron chi connectivity index (χ3n) is 4.25. The Kier molecular flexibility index (Phi) is 5.57. The lowest BCUT2D eigenvalue weighted by atomic mass is 9.84. The third-order valence-corrected chi connectivity index (χ3v) is 4.25. The molecule has 1 atom stereocenters. The van der Waals surface area contributed by atoms with E-state index in [1.807, 2.05) is 31.2 Å². The van der Waals surface area contributed by atoms with E-state index in [0.29, 0.717) is 13.0 Å². The van der Waals surface area contributed by atoms with E-state index in [1.54, 1.807) is 0 Å². The smallest absolute Gasteiger partial charge is 0.0830 e. The van der Waals surface area contributed by atoms with E-state index in [-0.39, 0.29) is 0 Å². The van der Waals surface area contributed by atoms with Gasteiger partial charge in [-0.25, -0.2) is 0 Å². The second kappa shape index (κ2) is 7.21. The van der Waals surface area contributed by atoms with Crippen molar-refractivity contribution in [1.82, 2.24) is 0 Å². The van der Waals surface area contributed by atoms with Gasteiger partial charge in [-0.1, -0.05) is 49.1 Å². The summed E-state index contributed by atoms with van der Waals surface area (Å²) in [6, 6.07) is 6.05. The Bertz CT molecular complexity index is 490. The van der Waals surface area contributed by atoms with Crippen molar-refractivity contribution in [3.8, 4) is 0 Å². The van der Waals surface area contributed by atoms with Crippen molar-refractivity contribution in [1.29, 1.82) is 0 Å². The number of aliphatic hydroxyl groups excluding tert-OH is 1. The summed E-state index contributed by atoms with van der Waals surface area (Å²) in [6.45, 7) is 2.49. The molecule has 1 saturated carbocycles. The Morgan fingerprint density at radius 3 is 2.62 bits per heavy atom. The van der Waals surface area contributed by atoms with E-state index >= 15 is 0 Å². The Balaban J connectivity index is 2.15. The first-order valence-electron chi connectivity index (χ1n) is 7.94. The van der Waals surface area contributed by atoms with Crippen LogP contribution in [-0.4, -0.2) is 22.4 Å². The highest BCUT2D eigenvalue weighted by atomic mass is 16.3. The lowest BCUT2D eigenvalue weighted by Gasteiger charge is -2.28. The molecule has 2 rings (SSSR count). The number of nitrogens with two attached hydrogens (primary N) is 1.